The molecule has 0 radical (unpaired) electrons. The number of nitrogens with zero attached hydrogens (tertiary/aromatic N) is 1. The van der Waals surface area contributed by atoms with E-state index in [0.717, 1.165) is 19.4 Å². The number of carbonyl (C=O) groups is 1. The second-order valence-electron chi connectivity index (χ2n) is 4.20. The Labute approximate surface area is 99.8 Å². The summed E-state index contributed by atoms with van der Waals surface area (Å²) in [6.45, 7) is 2.82. The highest BCUT2D eigenvalue weighted by atomic mass is 16.5. The van der Waals surface area contributed by atoms with E-state index in [1.807, 2.05) is 6.92 Å². The van der Waals surface area contributed by atoms with Crippen LogP contribution in [-0.2, 0) is 4.74 Å². The number of ether oxygens (including phenoxy) is 1. The van der Waals surface area contributed by atoms with E-state index < -0.39 is 5.97 Å². The molecule has 2 atom stereocenters. The van der Waals surface area contributed by atoms with Crippen molar-refractivity contribution in [2.75, 3.05) is 11.9 Å². The van der Waals surface area contributed by atoms with Gasteiger partial charge in [0.15, 0.2) is 5.69 Å². The van der Waals surface area contributed by atoms with Gasteiger partial charge in [0.2, 0.25) is 0 Å². The Balaban J connectivity index is 2.02. The third-order valence-electron chi connectivity index (χ3n) is 2.87. The van der Waals surface area contributed by atoms with E-state index in [1.165, 1.54) is 6.07 Å². The smallest absolute Gasteiger partial charge is 0.354 e. The molecule has 1 aliphatic rings. The molecule has 0 spiro atoms. The van der Waals surface area contributed by atoms with Gasteiger partial charge in [0.1, 0.15) is 5.82 Å². The molecule has 1 fully saturated rings. The number of carboxylic acid groups (broad SMARTS) is 1. The summed E-state index contributed by atoms with van der Waals surface area (Å²) in [5.74, 6) is -0.439. The van der Waals surface area contributed by atoms with Crippen molar-refractivity contribution in [1.82, 2.24) is 4.98 Å². The van der Waals surface area contributed by atoms with Gasteiger partial charge in [0, 0.05) is 6.61 Å². The van der Waals surface area contributed by atoms with Gasteiger partial charge in [-0.2, -0.15) is 0 Å². The summed E-state index contributed by atoms with van der Waals surface area (Å²) in [5.41, 5.74) is 0.0505. The van der Waals surface area contributed by atoms with Crippen LogP contribution in [0.4, 0.5) is 5.82 Å². The van der Waals surface area contributed by atoms with Crippen LogP contribution in [0.5, 0.6) is 0 Å². The van der Waals surface area contributed by atoms with Gasteiger partial charge in [-0.15, -0.1) is 0 Å². The summed E-state index contributed by atoms with van der Waals surface area (Å²) in [4.78, 5) is 14.8. The van der Waals surface area contributed by atoms with Crippen LogP contribution in [0.1, 0.15) is 30.3 Å². The largest absolute Gasteiger partial charge is 0.477 e. The molecular weight excluding hydrogens is 220 g/mol. The summed E-state index contributed by atoms with van der Waals surface area (Å²) >= 11 is 0. The molecule has 5 heteroatoms. The highest BCUT2D eigenvalue weighted by Gasteiger charge is 2.22. The summed E-state index contributed by atoms with van der Waals surface area (Å²) in [6.07, 6.45) is 2.30. The van der Waals surface area contributed by atoms with Crippen molar-refractivity contribution in [3.05, 3.63) is 23.9 Å². The number of carboxylic acids is 1. The Kier molecular flexibility index (Phi) is 3.58. The average Bonchev–Trinajstić information content (AvgIpc) is 2.82. The normalized spacial score (nSPS) is 21.1. The Hall–Kier alpha value is -1.62. The highest BCUT2D eigenvalue weighted by molar-refractivity contribution is 5.85. The first-order valence-corrected chi connectivity index (χ1v) is 5.75. The molecule has 2 unspecified atom stereocenters. The average molecular weight is 236 g/mol. The van der Waals surface area contributed by atoms with Gasteiger partial charge in [0.05, 0.1) is 12.1 Å². The lowest BCUT2D eigenvalue weighted by atomic mass is 10.1. The number of pyridine rings is 1. The van der Waals surface area contributed by atoms with Gasteiger partial charge in [0.25, 0.3) is 0 Å². The Morgan fingerprint density at radius 2 is 2.47 bits per heavy atom. The van der Waals surface area contributed by atoms with Crippen molar-refractivity contribution in [3.8, 4) is 0 Å². The van der Waals surface area contributed by atoms with E-state index in [4.69, 9.17) is 9.84 Å². The van der Waals surface area contributed by atoms with Gasteiger partial charge in [-0.05, 0) is 31.9 Å². The molecule has 0 saturated carbocycles. The Morgan fingerprint density at radius 3 is 3.12 bits per heavy atom. The molecule has 0 amide bonds. The minimum atomic E-state index is -1.02. The lowest BCUT2D eigenvalue weighted by molar-refractivity contribution is 0.0690. The van der Waals surface area contributed by atoms with Crippen LogP contribution in [0.2, 0.25) is 0 Å². The first-order valence-electron chi connectivity index (χ1n) is 5.75. The molecule has 1 aliphatic heterocycles. The molecular formula is C12H16N2O3. The first kappa shape index (κ1) is 11.9. The van der Waals surface area contributed by atoms with Crippen molar-refractivity contribution in [2.45, 2.75) is 31.9 Å². The molecule has 1 aromatic rings. The van der Waals surface area contributed by atoms with Crippen LogP contribution >= 0.6 is 0 Å². The van der Waals surface area contributed by atoms with Gasteiger partial charge in [-0.3, -0.25) is 0 Å². The number of nitrogens with one attached hydrogen (secondary N) is 1. The number of aromatic carboxylic acids is 1. The monoisotopic (exact) mass is 236 g/mol. The fourth-order valence-electron chi connectivity index (χ4n) is 1.96. The molecule has 0 aromatic carbocycles. The zero-order chi connectivity index (χ0) is 12.3. The molecule has 1 saturated heterocycles. The van der Waals surface area contributed by atoms with Crippen LogP contribution in [0.3, 0.4) is 0 Å². The first-order chi connectivity index (χ1) is 8.16. The van der Waals surface area contributed by atoms with Crippen LogP contribution in [0.25, 0.3) is 0 Å². The van der Waals surface area contributed by atoms with Crippen molar-refractivity contribution in [1.29, 1.82) is 0 Å². The lowest BCUT2D eigenvalue weighted by Crippen LogP contribution is -2.30. The van der Waals surface area contributed by atoms with E-state index >= 15 is 0 Å². The fraction of sp³-hybridized carbons (Fsp3) is 0.500. The van der Waals surface area contributed by atoms with Gasteiger partial charge >= 0.3 is 5.97 Å². The highest BCUT2D eigenvalue weighted by Crippen LogP contribution is 2.18. The third-order valence-corrected chi connectivity index (χ3v) is 2.87. The maximum absolute atomic E-state index is 10.8. The molecule has 2 heterocycles. The summed E-state index contributed by atoms with van der Waals surface area (Å²) < 4.78 is 5.56. The van der Waals surface area contributed by atoms with Crippen molar-refractivity contribution >= 4 is 11.8 Å². The van der Waals surface area contributed by atoms with Gasteiger partial charge in [-0.25, -0.2) is 9.78 Å². The van der Waals surface area contributed by atoms with Crippen molar-refractivity contribution in [3.63, 3.8) is 0 Å². The predicted octanol–water partition coefficient (Wildman–Crippen LogP) is 1.76. The van der Waals surface area contributed by atoms with Crippen molar-refractivity contribution < 1.29 is 14.6 Å². The van der Waals surface area contributed by atoms with Crippen LogP contribution in [0, 0.1) is 0 Å². The van der Waals surface area contributed by atoms with Gasteiger partial charge in [-0.1, -0.05) is 6.07 Å². The minimum Gasteiger partial charge on any atom is -0.477 e. The summed E-state index contributed by atoms with van der Waals surface area (Å²) in [6, 6.07) is 5.05. The molecule has 5 nitrogen and oxygen atoms in total. The molecule has 92 valence electrons. The number of aromatic nitrogens is 1. The van der Waals surface area contributed by atoms with Crippen molar-refractivity contribution in [2.24, 2.45) is 0 Å². The third kappa shape index (κ3) is 2.94. The van der Waals surface area contributed by atoms with E-state index in [1.54, 1.807) is 12.1 Å². The minimum absolute atomic E-state index is 0.0505. The molecule has 17 heavy (non-hydrogen) atoms. The predicted molar refractivity (Wildman–Crippen MR) is 63.3 cm³/mol. The summed E-state index contributed by atoms with van der Waals surface area (Å²) in [7, 11) is 0. The van der Waals surface area contributed by atoms with E-state index in [0.29, 0.717) is 5.82 Å². The summed E-state index contributed by atoms with van der Waals surface area (Å²) in [5, 5.41) is 12.0. The van der Waals surface area contributed by atoms with E-state index in [2.05, 4.69) is 10.3 Å². The Bertz CT molecular complexity index is 402. The van der Waals surface area contributed by atoms with Gasteiger partial charge < -0.3 is 15.2 Å². The molecule has 2 rings (SSSR count). The quantitative estimate of drug-likeness (QED) is 0.833. The lowest BCUT2D eigenvalue weighted by Gasteiger charge is -2.20. The molecule has 0 bridgehead atoms. The Morgan fingerprint density at radius 1 is 1.65 bits per heavy atom. The van der Waals surface area contributed by atoms with E-state index in [9.17, 15) is 4.79 Å². The number of hydrogen-bond acceptors (Lipinski definition) is 4. The maximum atomic E-state index is 10.8. The van der Waals surface area contributed by atoms with Crippen LogP contribution < -0.4 is 5.32 Å². The van der Waals surface area contributed by atoms with Crippen LogP contribution in [0.15, 0.2) is 18.2 Å². The van der Waals surface area contributed by atoms with E-state index in [-0.39, 0.29) is 17.8 Å². The second kappa shape index (κ2) is 5.14. The number of rotatable bonds is 4. The second-order valence-corrected chi connectivity index (χ2v) is 4.20. The molecule has 1 aromatic heterocycles. The number of anilines is 1. The zero-order valence-corrected chi connectivity index (χ0v) is 9.72. The zero-order valence-electron chi connectivity index (χ0n) is 9.72. The van der Waals surface area contributed by atoms with Crippen LogP contribution in [-0.4, -0.2) is 34.8 Å². The maximum Gasteiger partial charge on any atom is 0.354 e. The fourth-order valence-corrected chi connectivity index (χ4v) is 1.96. The SMILES string of the molecule is CC(Nc1cccc(C(=O)O)n1)C1CCCO1. The number of hydrogen-bond donors (Lipinski definition) is 2. The standard InChI is InChI=1S/C12H16N2O3/c1-8(10-5-3-7-17-10)13-11-6-2-4-9(14-11)12(15)16/h2,4,6,8,10H,3,5,7H2,1H3,(H,13,14)(H,15,16). The molecule has 2 N–H and O–H groups in total. The molecule has 0 aliphatic carbocycles. The topological polar surface area (TPSA) is 71.5 Å².